The lowest BCUT2D eigenvalue weighted by Crippen LogP contribution is -2.59. The predicted octanol–water partition coefficient (Wildman–Crippen LogP) is 11.7. The van der Waals surface area contributed by atoms with Gasteiger partial charge in [-0.2, -0.15) is 0 Å². The van der Waals surface area contributed by atoms with Crippen molar-refractivity contribution in [2.24, 2.45) is 5.92 Å². The molecule has 0 radical (unpaired) electrons. The maximum absolute atomic E-state index is 7.30. The van der Waals surface area contributed by atoms with E-state index in [1.54, 1.807) is 0 Å². The molecule has 0 saturated heterocycles. The molecule has 6 aromatic carbocycles. The number of ether oxygens (including phenoxy) is 6. The Morgan fingerprint density at radius 3 is 1.47 bits per heavy atom. The molecule has 1 aliphatic rings. The van der Waals surface area contributed by atoms with Gasteiger partial charge in [-0.1, -0.05) is 164 Å². The van der Waals surface area contributed by atoms with Gasteiger partial charge in [0, 0.05) is 29.6 Å². The van der Waals surface area contributed by atoms with Crippen LogP contribution in [0.15, 0.2) is 176 Å². The van der Waals surface area contributed by atoms with Gasteiger partial charge in [0.25, 0.3) is 0 Å². The Kier molecular flexibility index (Phi) is 15.7. The van der Waals surface area contributed by atoms with Crippen LogP contribution in [0.5, 0.6) is 11.6 Å². The number of rotatable bonds is 21. The lowest BCUT2D eigenvalue weighted by atomic mass is 9.80. The van der Waals surface area contributed by atoms with Gasteiger partial charge < -0.3 is 28.4 Å². The van der Waals surface area contributed by atoms with E-state index in [9.17, 15) is 0 Å². The minimum atomic E-state index is -0.520. The molecule has 1 fully saturated rings. The standard InChI is InChI=1S/C56H60N2O6/c1-41(2)58-42(3)51(33-43-29-31-50(32-30-43)60-36-45-21-11-5-12-22-45)56(57-58)64-52-34-49(40-59-35-44-19-9-4-10-20-44)53(61-37-46-23-13-6-14-24-46)55(63-39-48-27-17-8-18-28-48)54(52)62-38-47-25-15-7-16-26-47/h4-32,41,49,52-55H,33-40H2,1-3H3/t49-,52-,53-,54+,55+/m1/s1. The number of nitrogens with zero attached hydrogens (tertiary/aromatic N) is 2. The molecule has 0 unspecified atom stereocenters. The van der Waals surface area contributed by atoms with E-state index in [2.05, 4.69) is 98.2 Å². The first-order valence-corrected chi connectivity index (χ1v) is 22.6. The third kappa shape index (κ3) is 12.2. The summed E-state index contributed by atoms with van der Waals surface area (Å²) in [6.45, 7) is 9.05. The molecule has 1 heterocycles. The van der Waals surface area contributed by atoms with E-state index in [-0.39, 0.29) is 18.1 Å². The lowest BCUT2D eigenvalue weighted by Gasteiger charge is -2.46. The van der Waals surface area contributed by atoms with Gasteiger partial charge in [0.2, 0.25) is 5.88 Å². The first kappa shape index (κ1) is 44.6. The van der Waals surface area contributed by atoms with Crippen LogP contribution < -0.4 is 9.47 Å². The van der Waals surface area contributed by atoms with Crippen LogP contribution in [0.25, 0.3) is 0 Å². The van der Waals surface area contributed by atoms with Crippen molar-refractivity contribution in [1.82, 2.24) is 9.78 Å². The van der Waals surface area contributed by atoms with E-state index in [0.717, 1.165) is 50.4 Å². The highest BCUT2D eigenvalue weighted by atomic mass is 16.6. The summed E-state index contributed by atoms with van der Waals surface area (Å²) in [7, 11) is 0. The van der Waals surface area contributed by atoms with E-state index < -0.39 is 18.3 Å². The van der Waals surface area contributed by atoms with Crippen molar-refractivity contribution in [1.29, 1.82) is 0 Å². The Labute approximate surface area is 378 Å². The first-order chi connectivity index (χ1) is 31.5. The van der Waals surface area contributed by atoms with Gasteiger partial charge in [-0.3, -0.25) is 4.68 Å². The largest absolute Gasteiger partial charge is 0.489 e. The Bertz CT molecular complexity index is 2410. The molecule has 8 heteroatoms. The number of hydrogen-bond acceptors (Lipinski definition) is 7. The minimum absolute atomic E-state index is 0.102. The highest BCUT2D eigenvalue weighted by Gasteiger charge is 2.49. The van der Waals surface area contributed by atoms with Gasteiger partial charge in [-0.25, -0.2) is 0 Å². The van der Waals surface area contributed by atoms with Crippen molar-refractivity contribution in [3.8, 4) is 11.6 Å². The Morgan fingerprint density at radius 1 is 0.516 bits per heavy atom. The third-order valence-corrected chi connectivity index (χ3v) is 11.9. The molecule has 0 spiro atoms. The van der Waals surface area contributed by atoms with Crippen LogP contribution in [-0.4, -0.2) is 40.8 Å². The molecule has 0 amide bonds. The van der Waals surface area contributed by atoms with Crippen LogP contribution in [0.2, 0.25) is 0 Å². The third-order valence-electron chi connectivity index (χ3n) is 11.9. The van der Waals surface area contributed by atoms with E-state index in [1.807, 2.05) is 103 Å². The van der Waals surface area contributed by atoms with Crippen LogP contribution in [0.3, 0.4) is 0 Å². The summed E-state index contributed by atoms with van der Waals surface area (Å²) >= 11 is 0. The highest BCUT2D eigenvalue weighted by molar-refractivity contribution is 5.39. The van der Waals surface area contributed by atoms with Crippen LogP contribution in [0, 0.1) is 12.8 Å². The summed E-state index contributed by atoms with van der Waals surface area (Å²) < 4.78 is 43.2. The molecule has 1 aliphatic carbocycles. The zero-order valence-electron chi connectivity index (χ0n) is 37.2. The fourth-order valence-electron chi connectivity index (χ4n) is 8.46. The molecule has 8 nitrogen and oxygen atoms in total. The normalized spacial score (nSPS) is 18.5. The van der Waals surface area contributed by atoms with Crippen LogP contribution in [-0.2, 0) is 58.4 Å². The summed E-state index contributed by atoms with van der Waals surface area (Å²) in [5.41, 5.74) is 8.70. The van der Waals surface area contributed by atoms with Gasteiger partial charge in [0.1, 0.15) is 30.7 Å². The summed E-state index contributed by atoms with van der Waals surface area (Å²) in [4.78, 5) is 0. The maximum Gasteiger partial charge on any atom is 0.236 e. The molecule has 330 valence electrons. The van der Waals surface area contributed by atoms with Gasteiger partial charge in [-0.05, 0) is 72.7 Å². The second kappa shape index (κ2) is 22.5. The molecule has 0 N–H and O–H groups in total. The second-order valence-corrected chi connectivity index (χ2v) is 16.9. The van der Waals surface area contributed by atoms with Crippen molar-refractivity contribution >= 4 is 0 Å². The second-order valence-electron chi connectivity index (χ2n) is 16.9. The molecule has 1 aromatic heterocycles. The minimum Gasteiger partial charge on any atom is -0.489 e. The molecular formula is C56H60N2O6. The molecule has 64 heavy (non-hydrogen) atoms. The lowest BCUT2D eigenvalue weighted by molar-refractivity contribution is -0.220. The molecule has 0 aliphatic heterocycles. The van der Waals surface area contributed by atoms with E-state index in [1.165, 1.54) is 0 Å². The van der Waals surface area contributed by atoms with Crippen LogP contribution in [0.4, 0.5) is 0 Å². The SMILES string of the molecule is Cc1c(Cc2ccc(OCc3ccccc3)cc2)c(O[C@@H]2C[C@H](COCc3ccccc3)[C@@H](OCc3ccccc3)[C@H](OCc3ccccc3)[C@H]2OCc2ccccc2)nn1C(C)C. The van der Waals surface area contributed by atoms with E-state index >= 15 is 0 Å². The zero-order chi connectivity index (χ0) is 43.9. The molecule has 5 atom stereocenters. The van der Waals surface area contributed by atoms with Crippen molar-refractivity contribution in [3.05, 3.63) is 221 Å². The Hall–Kier alpha value is -6.03. The fourth-order valence-corrected chi connectivity index (χ4v) is 8.46. The van der Waals surface area contributed by atoms with Crippen molar-refractivity contribution in [3.63, 3.8) is 0 Å². The smallest absolute Gasteiger partial charge is 0.236 e. The summed E-state index contributed by atoms with van der Waals surface area (Å²) in [6, 6.07) is 59.9. The molecule has 7 aromatic rings. The van der Waals surface area contributed by atoms with Crippen LogP contribution >= 0.6 is 0 Å². The monoisotopic (exact) mass is 856 g/mol. The average molecular weight is 857 g/mol. The maximum atomic E-state index is 7.30. The van der Waals surface area contributed by atoms with E-state index in [4.69, 9.17) is 33.5 Å². The highest BCUT2D eigenvalue weighted by Crippen LogP contribution is 2.38. The van der Waals surface area contributed by atoms with Crippen LogP contribution in [0.1, 0.15) is 70.9 Å². The first-order valence-electron chi connectivity index (χ1n) is 22.6. The van der Waals surface area contributed by atoms with Crippen molar-refractivity contribution < 1.29 is 28.4 Å². The van der Waals surface area contributed by atoms with Crippen molar-refractivity contribution in [2.75, 3.05) is 6.61 Å². The van der Waals surface area contributed by atoms with E-state index in [0.29, 0.717) is 58.4 Å². The van der Waals surface area contributed by atoms with Gasteiger partial charge in [-0.15, -0.1) is 5.10 Å². The Balaban J connectivity index is 1.12. The number of hydrogen-bond donors (Lipinski definition) is 0. The molecule has 0 bridgehead atoms. The molecular weight excluding hydrogens is 797 g/mol. The quantitative estimate of drug-likeness (QED) is 0.0713. The van der Waals surface area contributed by atoms with Crippen molar-refractivity contribution in [2.45, 2.75) is 97.1 Å². The number of aromatic nitrogens is 2. The summed E-state index contributed by atoms with van der Waals surface area (Å²) in [5, 5.41) is 5.18. The topological polar surface area (TPSA) is 73.2 Å². The van der Waals surface area contributed by atoms with Gasteiger partial charge in [0.05, 0.1) is 39.1 Å². The fraction of sp³-hybridized carbons (Fsp3) is 0.304. The zero-order valence-corrected chi connectivity index (χ0v) is 37.2. The predicted molar refractivity (Wildman–Crippen MR) is 251 cm³/mol. The Morgan fingerprint density at radius 2 is 0.969 bits per heavy atom. The van der Waals surface area contributed by atoms with Gasteiger partial charge >= 0.3 is 0 Å². The molecule has 1 saturated carbocycles. The average Bonchev–Trinajstić information content (AvgIpc) is 3.64. The summed E-state index contributed by atoms with van der Waals surface area (Å²) in [5.74, 6) is 1.32. The van der Waals surface area contributed by atoms with Gasteiger partial charge in [0.15, 0.2) is 0 Å². The molecule has 8 rings (SSSR count). The number of benzene rings is 6. The summed E-state index contributed by atoms with van der Waals surface area (Å²) in [6.07, 6.45) is -0.633.